The first-order valence-corrected chi connectivity index (χ1v) is 8.23. The second-order valence-electron chi connectivity index (χ2n) is 5.50. The Morgan fingerprint density at radius 1 is 1.13 bits per heavy atom. The van der Waals surface area contributed by atoms with Gasteiger partial charge in [0.05, 0.1) is 6.61 Å². The van der Waals surface area contributed by atoms with E-state index in [-0.39, 0.29) is 6.09 Å². The Labute approximate surface area is 142 Å². The number of benzene rings is 2. The smallest absolute Gasteiger partial charge is 0.407 e. The summed E-state index contributed by atoms with van der Waals surface area (Å²) in [5, 5.41) is 3.47. The maximum atomic E-state index is 11.7. The van der Waals surface area contributed by atoms with Crippen molar-refractivity contribution in [3.05, 3.63) is 70.7 Å². The van der Waals surface area contributed by atoms with E-state index in [0.717, 1.165) is 17.0 Å². The summed E-state index contributed by atoms with van der Waals surface area (Å²) >= 11 is 6.07. The zero-order valence-electron chi connectivity index (χ0n) is 13.3. The van der Waals surface area contributed by atoms with Gasteiger partial charge in [-0.3, -0.25) is 0 Å². The molecule has 1 N–H and O–H groups in total. The highest BCUT2D eigenvalue weighted by Crippen LogP contribution is 2.18. The van der Waals surface area contributed by atoms with E-state index in [9.17, 15) is 4.79 Å². The third kappa shape index (κ3) is 5.95. The van der Waals surface area contributed by atoms with Crippen molar-refractivity contribution in [3.63, 3.8) is 0 Å². The Kier molecular flexibility index (Phi) is 6.95. The third-order valence-electron chi connectivity index (χ3n) is 3.77. The second-order valence-corrected chi connectivity index (χ2v) is 5.91. The number of nitrogens with one attached hydrogen (secondary N) is 1. The third-order valence-corrected chi connectivity index (χ3v) is 4.14. The number of carbonyl (C=O) groups is 1. The van der Waals surface area contributed by atoms with Crippen LogP contribution in [0, 0.1) is 0 Å². The van der Waals surface area contributed by atoms with Gasteiger partial charge in [-0.2, -0.15) is 0 Å². The van der Waals surface area contributed by atoms with Crippen LogP contribution in [-0.2, 0) is 11.2 Å². The highest BCUT2D eigenvalue weighted by atomic mass is 35.5. The van der Waals surface area contributed by atoms with Crippen LogP contribution in [0.15, 0.2) is 54.6 Å². The molecule has 122 valence electrons. The van der Waals surface area contributed by atoms with Gasteiger partial charge in [0.1, 0.15) is 0 Å². The molecule has 0 bridgehead atoms. The molecule has 2 aromatic rings. The Bertz CT molecular complexity index is 616. The lowest BCUT2D eigenvalue weighted by Crippen LogP contribution is -2.27. The number of halogens is 1. The van der Waals surface area contributed by atoms with Crippen molar-refractivity contribution in [2.24, 2.45) is 0 Å². The van der Waals surface area contributed by atoms with Gasteiger partial charge in [0, 0.05) is 11.6 Å². The summed E-state index contributed by atoms with van der Waals surface area (Å²) in [6.45, 7) is 3.05. The van der Waals surface area contributed by atoms with Crippen LogP contribution in [0.2, 0.25) is 5.02 Å². The predicted octanol–water partition coefficient (Wildman–Crippen LogP) is 4.80. The first kappa shape index (κ1) is 17.4. The minimum absolute atomic E-state index is 0.368. The van der Waals surface area contributed by atoms with Crippen molar-refractivity contribution >= 4 is 17.7 Å². The maximum absolute atomic E-state index is 11.7. The molecule has 0 aromatic heterocycles. The highest BCUT2D eigenvalue weighted by Gasteiger charge is 2.07. The Morgan fingerprint density at radius 2 is 1.83 bits per heavy atom. The summed E-state index contributed by atoms with van der Waals surface area (Å²) in [5.74, 6) is 0.368. The molecule has 0 saturated heterocycles. The van der Waals surface area contributed by atoms with Crippen molar-refractivity contribution in [1.29, 1.82) is 0 Å². The van der Waals surface area contributed by atoms with E-state index in [4.69, 9.17) is 16.3 Å². The van der Waals surface area contributed by atoms with Gasteiger partial charge < -0.3 is 10.1 Å². The van der Waals surface area contributed by atoms with Gasteiger partial charge in [-0.05, 0) is 36.0 Å². The first-order valence-electron chi connectivity index (χ1n) is 7.86. The Balaban J connectivity index is 1.63. The van der Waals surface area contributed by atoms with Gasteiger partial charge in [-0.25, -0.2) is 4.79 Å². The summed E-state index contributed by atoms with van der Waals surface area (Å²) < 4.78 is 5.22. The lowest BCUT2D eigenvalue weighted by atomic mass is 9.98. The Morgan fingerprint density at radius 3 is 2.57 bits per heavy atom. The lowest BCUT2D eigenvalue weighted by Gasteiger charge is -2.12. The number of carbonyl (C=O) groups excluding carboxylic acids is 1. The fourth-order valence-electron chi connectivity index (χ4n) is 2.33. The summed E-state index contributed by atoms with van der Waals surface area (Å²) in [6.07, 6.45) is 1.12. The average molecular weight is 332 g/mol. The van der Waals surface area contributed by atoms with E-state index in [1.165, 1.54) is 5.56 Å². The average Bonchev–Trinajstić information content (AvgIpc) is 2.57. The van der Waals surface area contributed by atoms with Gasteiger partial charge >= 0.3 is 6.09 Å². The number of amides is 1. The van der Waals surface area contributed by atoms with E-state index in [1.807, 2.05) is 42.5 Å². The van der Waals surface area contributed by atoms with E-state index in [1.54, 1.807) is 0 Å². The van der Waals surface area contributed by atoms with Crippen LogP contribution in [0.3, 0.4) is 0 Å². The van der Waals surface area contributed by atoms with Gasteiger partial charge in [0.2, 0.25) is 0 Å². The zero-order chi connectivity index (χ0) is 16.5. The van der Waals surface area contributed by atoms with Crippen LogP contribution in [0.5, 0.6) is 0 Å². The van der Waals surface area contributed by atoms with Crippen LogP contribution >= 0.6 is 11.6 Å². The molecule has 0 radical (unpaired) electrons. The highest BCUT2D eigenvalue weighted by molar-refractivity contribution is 6.31. The largest absolute Gasteiger partial charge is 0.450 e. The van der Waals surface area contributed by atoms with Crippen LogP contribution in [-0.4, -0.2) is 19.2 Å². The molecule has 23 heavy (non-hydrogen) atoms. The van der Waals surface area contributed by atoms with Gasteiger partial charge in [-0.15, -0.1) is 0 Å². The molecular formula is C19H22ClNO2. The lowest BCUT2D eigenvalue weighted by molar-refractivity contribution is 0.143. The fraction of sp³-hybridized carbons (Fsp3) is 0.316. The summed E-state index contributed by atoms with van der Waals surface area (Å²) in [6, 6.07) is 17.9. The van der Waals surface area contributed by atoms with Crippen molar-refractivity contribution in [3.8, 4) is 0 Å². The Hall–Kier alpha value is -2.00. The molecule has 0 spiro atoms. The van der Waals surface area contributed by atoms with Crippen LogP contribution < -0.4 is 5.32 Å². The number of ether oxygens (including phenoxy) is 1. The first-order chi connectivity index (χ1) is 11.2. The quantitative estimate of drug-likeness (QED) is 0.791. The van der Waals surface area contributed by atoms with Crippen LogP contribution in [0.25, 0.3) is 0 Å². The fourth-order valence-corrected chi connectivity index (χ4v) is 2.56. The number of alkyl carbamates (subject to hydrolysis) is 1. The van der Waals surface area contributed by atoms with E-state index in [0.29, 0.717) is 25.5 Å². The molecule has 0 aliphatic heterocycles. The molecular weight excluding hydrogens is 310 g/mol. The predicted molar refractivity (Wildman–Crippen MR) is 94.0 cm³/mol. The van der Waals surface area contributed by atoms with Crippen molar-refractivity contribution in [2.45, 2.75) is 25.7 Å². The van der Waals surface area contributed by atoms with E-state index >= 15 is 0 Å². The summed E-state index contributed by atoms with van der Waals surface area (Å²) in [4.78, 5) is 11.7. The minimum Gasteiger partial charge on any atom is -0.450 e. The zero-order valence-corrected chi connectivity index (χ0v) is 14.1. The number of hydrogen-bond acceptors (Lipinski definition) is 2. The molecule has 0 heterocycles. The van der Waals surface area contributed by atoms with Crippen LogP contribution in [0.1, 0.15) is 30.4 Å². The summed E-state index contributed by atoms with van der Waals surface area (Å²) in [5.41, 5.74) is 2.28. The van der Waals surface area contributed by atoms with E-state index in [2.05, 4.69) is 24.4 Å². The molecule has 2 aromatic carbocycles. The maximum Gasteiger partial charge on any atom is 0.407 e. The molecule has 0 saturated carbocycles. The van der Waals surface area contributed by atoms with Crippen molar-refractivity contribution in [2.75, 3.05) is 13.2 Å². The number of hydrogen-bond donors (Lipinski definition) is 1. The van der Waals surface area contributed by atoms with Gasteiger partial charge in [0.25, 0.3) is 0 Å². The molecule has 0 aliphatic carbocycles. The van der Waals surface area contributed by atoms with Crippen molar-refractivity contribution < 1.29 is 9.53 Å². The standard InChI is InChI=1S/C19H22ClNO2/c1-15(16-7-3-2-4-8-16)12-14-23-19(22)21-13-11-17-9-5-6-10-18(17)20/h2-10,15H,11-14H2,1H3,(H,21,22). The van der Waals surface area contributed by atoms with E-state index < -0.39 is 0 Å². The molecule has 0 fully saturated rings. The molecule has 2 rings (SSSR count). The van der Waals surface area contributed by atoms with Crippen LogP contribution in [0.4, 0.5) is 4.79 Å². The molecule has 3 nitrogen and oxygen atoms in total. The monoisotopic (exact) mass is 331 g/mol. The summed E-state index contributed by atoms with van der Waals surface area (Å²) in [7, 11) is 0. The van der Waals surface area contributed by atoms with Gasteiger partial charge in [0.15, 0.2) is 0 Å². The number of rotatable bonds is 7. The molecule has 1 unspecified atom stereocenters. The molecule has 4 heteroatoms. The van der Waals surface area contributed by atoms with Gasteiger partial charge in [-0.1, -0.05) is 67.1 Å². The molecule has 1 amide bonds. The normalized spacial score (nSPS) is 11.7. The van der Waals surface area contributed by atoms with Crippen molar-refractivity contribution in [1.82, 2.24) is 5.32 Å². The minimum atomic E-state index is -0.377. The molecule has 0 aliphatic rings. The molecule has 1 atom stereocenters. The second kappa shape index (κ2) is 9.21. The topological polar surface area (TPSA) is 38.3 Å². The SMILES string of the molecule is CC(CCOC(=O)NCCc1ccccc1Cl)c1ccccc1.